The second kappa shape index (κ2) is 7.09. The maximum atomic E-state index is 13.6. The number of nitrogens with zero attached hydrogens (tertiary/aromatic N) is 1. The number of hydrogen-bond acceptors (Lipinski definition) is 3. The third-order valence-electron chi connectivity index (χ3n) is 3.07. The first-order chi connectivity index (χ1) is 8.95. The fourth-order valence-corrected chi connectivity index (χ4v) is 1.66. The maximum Gasteiger partial charge on any atom is 0.320 e. The van der Waals surface area contributed by atoms with Crippen molar-refractivity contribution >= 4 is 5.97 Å². The fourth-order valence-electron chi connectivity index (χ4n) is 1.66. The van der Waals surface area contributed by atoms with Gasteiger partial charge < -0.3 is 9.84 Å². The Morgan fingerprint density at radius 1 is 1.53 bits per heavy atom. The number of carboxylic acids is 1. The summed E-state index contributed by atoms with van der Waals surface area (Å²) in [7, 11) is 1.74. The van der Waals surface area contributed by atoms with Crippen LogP contribution in [0.3, 0.4) is 0 Å². The highest BCUT2D eigenvalue weighted by molar-refractivity contribution is 5.72. The summed E-state index contributed by atoms with van der Waals surface area (Å²) < 4.78 is 18.7. The molecule has 1 N–H and O–H groups in total. The summed E-state index contributed by atoms with van der Waals surface area (Å²) in [6.07, 6.45) is 0.595. The van der Waals surface area contributed by atoms with E-state index in [0.29, 0.717) is 19.6 Å². The Kier molecular flexibility index (Phi) is 5.76. The largest absolute Gasteiger partial charge is 0.491 e. The van der Waals surface area contributed by atoms with E-state index in [2.05, 4.69) is 0 Å². The third kappa shape index (κ3) is 4.52. The molecule has 1 rings (SSSR count). The lowest BCUT2D eigenvalue weighted by molar-refractivity contribution is -0.142. The Bertz CT molecular complexity index is 437. The smallest absolute Gasteiger partial charge is 0.320 e. The average molecular weight is 269 g/mol. The topological polar surface area (TPSA) is 49.8 Å². The molecule has 0 aliphatic carbocycles. The van der Waals surface area contributed by atoms with Crippen LogP contribution in [0, 0.1) is 5.82 Å². The monoisotopic (exact) mass is 269 g/mol. The van der Waals surface area contributed by atoms with Gasteiger partial charge >= 0.3 is 5.97 Å². The van der Waals surface area contributed by atoms with E-state index in [-0.39, 0.29) is 11.6 Å². The highest BCUT2D eigenvalue weighted by atomic mass is 19.1. The summed E-state index contributed by atoms with van der Waals surface area (Å²) in [4.78, 5) is 12.5. The van der Waals surface area contributed by atoms with Crippen molar-refractivity contribution in [3.05, 3.63) is 29.6 Å². The number of ether oxygens (including phenoxy) is 1. The molecule has 1 aromatic carbocycles. The molecule has 4 nitrogen and oxygen atoms in total. The summed E-state index contributed by atoms with van der Waals surface area (Å²) in [5.41, 5.74) is 0.824. The third-order valence-corrected chi connectivity index (χ3v) is 3.07. The molecule has 0 radical (unpaired) electrons. The molecule has 0 aliphatic rings. The zero-order valence-electron chi connectivity index (χ0n) is 11.5. The van der Waals surface area contributed by atoms with Gasteiger partial charge in [0.1, 0.15) is 6.04 Å². The first-order valence-corrected chi connectivity index (χ1v) is 6.30. The Hall–Kier alpha value is -1.62. The van der Waals surface area contributed by atoms with Gasteiger partial charge in [0.05, 0.1) is 6.61 Å². The molecule has 0 bridgehead atoms. The van der Waals surface area contributed by atoms with Crippen LogP contribution < -0.4 is 4.74 Å². The van der Waals surface area contributed by atoms with Crippen molar-refractivity contribution < 1.29 is 19.0 Å². The predicted molar refractivity (Wildman–Crippen MR) is 71.0 cm³/mol. The highest BCUT2D eigenvalue weighted by Gasteiger charge is 2.16. The molecule has 5 heteroatoms. The molecule has 106 valence electrons. The van der Waals surface area contributed by atoms with Gasteiger partial charge in [-0.15, -0.1) is 0 Å². The summed E-state index contributed by atoms with van der Waals surface area (Å²) in [5.74, 6) is -0.993. The van der Waals surface area contributed by atoms with E-state index in [1.807, 2.05) is 0 Å². The molecule has 0 saturated carbocycles. The molecule has 0 fully saturated rings. The summed E-state index contributed by atoms with van der Waals surface area (Å²) in [6.45, 7) is 4.41. The molecule has 19 heavy (non-hydrogen) atoms. The van der Waals surface area contributed by atoms with Gasteiger partial charge in [-0.25, -0.2) is 4.39 Å². The number of likely N-dealkylation sites (N-methyl/N-ethyl adjacent to an activating group) is 1. The standard InChI is InChI=1S/C14H20FNO3/c1-4-19-13-6-5-11(9-12(13)15)7-8-16(3)10(2)14(17)18/h5-6,9-10H,4,7-8H2,1-3H3,(H,17,18). The van der Waals surface area contributed by atoms with Crippen LogP contribution in [0.1, 0.15) is 19.4 Å². The molecule has 1 atom stereocenters. The molecule has 0 aromatic heterocycles. The normalized spacial score (nSPS) is 12.5. The highest BCUT2D eigenvalue weighted by Crippen LogP contribution is 2.18. The number of rotatable bonds is 7. The predicted octanol–water partition coefficient (Wildman–Crippen LogP) is 2.17. The minimum Gasteiger partial charge on any atom is -0.491 e. The van der Waals surface area contributed by atoms with E-state index >= 15 is 0 Å². The van der Waals surface area contributed by atoms with Gasteiger partial charge in [-0.1, -0.05) is 6.07 Å². The van der Waals surface area contributed by atoms with Crippen molar-refractivity contribution in [1.82, 2.24) is 4.90 Å². The number of benzene rings is 1. The molecule has 0 aliphatic heterocycles. The second-order valence-electron chi connectivity index (χ2n) is 4.44. The fraction of sp³-hybridized carbons (Fsp3) is 0.500. The lowest BCUT2D eigenvalue weighted by atomic mass is 10.1. The zero-order valence-corrected chi connectivity index (χ0v) is 11.5. The van der Waals surface area contributed by atoms with Crippen molar-refractivity contribution in [2.75, 3.05) is 20.2 Å². The van der Waals surface area contributed by atoms with Crippen LogP contribution in [0.15, 0.2) is 18.2 Å². The molecular formula is C14H20FNO3. The Labute approximate surface area is 112 Å². The van der Waals surface area contributed by atoms with Gasteiger partial charge in [0.25, 0.3) is 0 Å². The Morgan fingerprint density at radius 3 is 2.74 bits per heavy atom. The van der Waals surface area contributed by atoms with Crippen LogP contribution >= 0.6 is 0 Å². The molecule has 1 aromatic rings. The van der Waals surface area contributed by atoms with Crippen LogP contribution in [0.2, 0.25) is 0 Å². The van der Waals surface area contributed by atoms with Gasteiger partial charge in [-0.3, -0.25) is 9.69 Å². The SMILES string of the molecule is CCOc1ccc(CCN(C)C(C)C(=O)O)cc1F. The minimum absolute atomic E-state index is 0.249. The van der Waals surface area contributed by atoms with Crippen molar-refractivity contribution in [2.45, 2.75) is 26.3 Å². The molecule has 1 unspecified atom stereocenters. The number of halogens is 1. The first-order valence-electron chi connectivity index (χ1n) is 6.30. The summed E-state index contributed by atoms with van der Waals surface area (Å²) in [6, 6.07) is 4.29. The van der Waals surface area contributed by atoms with Crippen LogP contribution in [0.25, 0.3) is 0 Å². The van der Waals surface area contributed by atoms with Crippen LogP contribution in [-0.2, 0) is 11.2 Å². The number of carbonyl (C=O) groups is 1. The lowest BCUT2D eigenvalue weighted by Gasteiger charge is -2.20. The maximum absolute atomic E-state index is 13.6. The summed E-state index contributed by atoms with van der Waals surface area (Å²) in [5, 5.41) is 8.87. The average Bonchev–Trinajstić information content (AvgIpc) is 2.38. The van der Waals surface area contributed by atoms with Crippen LogP contribution in [0.5, 0.6) is 5.75 Å². The van der Waals surface area contributed by atoms with E-state index in [1.165, 1.54) is 6.07 Å². The van der Waals surface area contributed by atoms with Gasteiger partial charge in [-0.2, -0.15) is 0 Å². The summed E-state index contributed by atoms with van der Waals surface area (Å²) >= 11 is 0. The quantitative estimate of drug-likeness (QED) is 0.824. The molecular weight excluding hydrogens is 249 g/mol. The van der Waals surface area contributed by atoms with Crippen molar-refractivity contribution in [1.29, 1.82) is 0 Å². The Morgan fingerprint density at radius 2 is 2.21 bits per heavy atom. The zero-order chi connectivity index (χ0) is 14.4. The Balaban J connectivity index is 2.59. The van der Waals surface area contributed by atoms with Crippen LogP contribution in [-0.4, -0.2) is 42.2 Å². The number of carboxylic acid groups (broad SMARTS) is 1. The van der Waals surface area contributed by atoms with Gasteiger partial charge in [-0.05, 0) is 45.0 Å². The minimum atomic E-state index is -0.861. The number of hydrogen-bond donors (Lipinski definition) is 1. The van der Waals surface area contributed by atoms with E-state index in [9.17, 15) is 9.18 Å². The molecule has 0 heterocycles. The molecule has 0 amide bonds. The van der Waals surface area contributed by atoms with Crippen molar-refractivity contribution in [3.63, 3.8) is 0 Å². The number of aliphatic carboxylic acids is 1. The first kappa shape index (κ1) is 15.4. The van der Waals surface area contributed by atoms with Crippen LogP contribution in [0.4, 0.5) is 4.39 Å². The van der Waals surface area contributed by atoms with E-state index in [1.54, 1.807) is 37.9 Å². The van der Waals surface area contributed by atoms with Gasteiger partial charge in [0, 0.05) is 6.54 Å². The van der Waals surface area contributed by atoms with E-state index in [4.69, 9.17) is 9.84 Å². The molecule has 0 spiro atoms. The van der Waals surface area contributed by atoms with E-state index < -0.39 is 12.0 Å². The van der Waals surface area contributed by atoms with Gasteiger partial charge in [0.2, 0.25) is 0 Å². The van der Waals surface area contributed by atoms with E-state index in [0.717, 1.165) is 5.56 Å². The second-order valence-corrected chi connectivity index (χ2v) is 4.44. The van der Waals surface area contributed by atoms with Gasteiger partial charge in [0.15, 0.2) is 11.6 Å². The van der Waals surface area contributed by atoms with Crippen molar-refractivity contribution in [3.8, 4) is 5.75 Å². The lowest BCUT2D eigenvalue weighted by Crippen LogP contribution is -2.37. The molecule has 0 saturated heterocycles. The van der Waals surface area contributed by atoms with Crippen molar-refractivity contribution in [2.24, 2.45) is 0 Å².